The van der Waals surface area contributed by atoms with Crippen molar-refractivity contribution in [1.82, 2.24) is 9.80 Å². The molecule has 0 aromatic heterocycles. The fourth-order valence-electron chi connectivity index (χ4n) is 2.83. The Labute approximate surface area is 156 Å². The lowest BCUT2D eigenvalue weighted by Crippen LogP contribution is -2.35. The molecule has 0 saturated carbocycles. The third-order valence-corrected chi connectivity index (χ3v) is 4.49. The summed E-state index contributed by atoms with van der Waals surface area (Å²) in [5.41, 5.74) is 3.39. The normalized spacial score (nSPS) is 10.4. The third-order valence-electron chi connectivity index (χ3n) is 4.49. The molecule has 0 N–H and O–H groups in total. The Bertz CT molecular complexity index is 711. The number of aryl methyl sites for hydroxylation is 1. The van der Waals surface area contributed by atoms with E-state index in [1.165, 1.54) is 5.56 Å². The average Bonchev–Trinajstić information content (AvgIpc) is 2.65. The molecule has 0 radical (unpaired) electrons. The molecule has 4 heteroatoms. The largest absolute Gasteiger partial charge is 0.339 e. The molecule has 0 aliphatic carbocycles. The Balaban J connectivity index is 1.92. The molecular weight excluding hydrogens is 324 g/mol. The van der Waals surface area contributed by atoms with Crippen LogP contribution < -0.4 is 0 Å². The van der Waals surface area contributed by atoms with Crippen LogP contribution in [0.2, 0.25) is 0 Å². The van der Waals surface area contributed by atoms with E-state index in [0.717, 1.165) is 11.1 Å². The number of carbonyl (C=O) groups excluding carboxylic acids is 2. The van der Waals surface area contributed by atoms with E-state index in [9.17, 15) is 9.59 Å². The van der Waals surface area contributed by atoms with Crippen molar-refractivity contribution in [3.05, 3.63) is 71.3 Å². The SMILES string of the molecule is CCN(Cc1ccccc1)C(=O)CCN(Cc1ccc(C)cc1)C(C)=O. The predicted octanol–water partition coefficient (Wildman–Crippen LogP) is 3.78. The zero-order chi connectivity index (χ0) is 18.9. The van der Waals surface area contributed by atoms with Crippen LogP contribution in [0, 0.1) is 6.92 Å². The molecule has 0 heterocycles. The van der Waals surface area contributed by atoms with Crippen LogP contribution in [0.15, 0.2) is 54.6 Å². The predicted molar refractivity (Wildman–Crippen MR) is 104 cm³/mol. The number of hydrogen-bond donors (Lipinski definition) is 0. The van der Waals surface area contributed by atoms with Crippen LogP contribution in [0.1, 0.15) is 37.0 Å². The van der Waals surface area contributed by atoms with Gasteiger partial charge in [-0.1, -0.05) is 60.2 Å². The third kappa shape index (κ3) is 6.03. The summed E-state index contributed by atoms with van der Waals surface area (Å²) in [6.45, 7) is 7.81. The molecule has 138 valence electrons. The summed E-state index contributed by atoms with van der Waals surface area (Å²) < 4.78 is 0. The lowest BCUT2D eigenvalue weighted by molar-refractivity contribution is -0.134. The van der Waals surface area contributed by atoms with E-state index < -0.39 is 0 Å². The Kier molecular flexibility index (Phi) is 7.39. The van der Waals surface area contributed by atoms with Crippen molar-refractivity contribution >= 4 is 11.8 Å². The smallest absolute Gasteiger partial charge is 0.224 e. The van der Waals surface area contributed by atoms with Crippen molar-refractivity contribution in [3.8, 4) is 0 Å². The summed E-state index contributed by atoms with van der Waals surface area (Å²) in [7, 11) is 0. The van der Waals surface area contributed by atoms with Crippen LogP contribution in [0.5, 0.6) is 0 Å². The summed E-state index contributed by atoms with van der Waals surface area (Å²) in [6, 6.07) is 18.1. The van der Waals surface area contributed by atoms with Crippen LogP contribution in [-0.4, -0.2) is 34.7 Å². The molecule has 2 aromatic carbocycles. The molecule has 0 aliphatic heterocycles. The van der Waals surface area contributed by atoms with Crippen LogP contribution in [0.3, 0.4) is 0 Å². The highest BCUT2D eigenvalue weighted by Gasteiger charge is 2.16. The van der Waals surface area contributed by atoms with Gasteiger partial charge in [0.15, 0.2) is 0 Å². The number of nitrogens with zero attached hydrogens (tertiary/aromatic N) is 2. The fourth-order valence-corrected chi connectivity index (χ4v) is 2.83. The van der Waals surface area contributed by atoms with Gasteiger partial charge in [0.1, 0.15) is 0 Å². The van der Waals surface area contributed by atoms with Crippen LogP contribution >= 0.6 is 0 Å². The van der Waals surface area contributed by atoms with Crippen LogP contribution in [0.25, 0.3) is 0 Å². The number of benzene rings is 2. The van der Waals surface area contributed by atoms with Gasteiger partial charge in [0.2, 0.25) is 11.8 Å². The maximum absolute atomic E-state index is 12.6. The first-order valence-corrected chi connectivity index (χ1v) is 9.12. The minimum Gasteiger partial charge on any atom is -0.339 e. The summed E-state index contributed by atoms with van der Waals surface area (Å²) in [4.78, 5) is 28.1. The highest BCUT2D eigenvalue weighted by atomic mass is 16.2. The number of hydrogen-bond acceptors (Lipinski definition) is 2. The Hall–Kier alpha value is -2.62. The first kappa shape index (κ1) is 19.7. The molecule has 0 bridgehead atoms. The Morgan fingerprint density at radius 1 is 0.846 bits per heavy atom. The fraction of sp³-hybridized carbons (Fsp3) is 0.364. The van der Waals surface area contributed by atoms with E-state index in [-0.39, 0.29) is 11.8 Å². The first-order valence-electron chi connectivity index (χ1n) is 9.12. The van der Waals surface area contributed by atoms with Crippen molar-refractivity contribution in [2.75, 3.05) is 13.1 Å². The zero-order valence-corrected chi connectivity index (χ0v) is 15.9. The molecule has 0 aliphatic rings. The molecule has 26 heavy (non-hydrogen) atoms. The van der Waals surface area contributed by atoms with Gasteiger partial charge in [0.25, 0.3) is 0 Å². The van der Waals surface area contributed by atoms with Gasteiger partial charge in [0, 0.05) is 39.5 Å². The second-order valence-electron chi connectivity index (χ2n) is 6.57. The highest BCUT2D eigenvalue weighted by molar-refractivity contribution is 5.78. The van der Waals surface area contributed by atoms with Gasteiger partial charge in [-0.25, -0.2) is 0 Å². The standard InChI is InChI=1S/C22H28N2O2/c1-4-23(16-20-8-6-5-7-9-20)22(26)14-15-24(19(3)25)17-21-12-10-18(2)11-13-21/h5-13H,4,14-17H2,1-3H3. The quantitative estimate of drug-likeness (QED) is 0.725. The molecule has 0 unspecified atom stereocenters. The lowest BCUT2D eigenvalue weighted by atomic mass is 10.1. The van der Waals surface area contributed by atoms with Gasteiger partial charge in [-0.05, 0) is 25.0 Å². The van der Waals surface area contributed by atoms with E-state index in [2.05, 4.69) is 0 Å². The Morgan fingerprint density at radius 2 is 1.42 bits per heavy atom. The first-order chi connectivity index (χ1) is 12.5. The molecule has 0 spiro atoms. The highest BCUT2D eigenvalue weighted by Crippen LogP contribution is 2.10. The van der Waals surface area contributed by atoms with Gasteiger partial charge in [-0.3, -0.25) is 9.59 Å². The Morgan fingerprint density at radius 3 is 2.00 bits per heavy atom. The van der Waals surface area contributed by atoms with Crippen LogP contribution in [0.4, 0.5) is 0 Å². The minimum absolute atomic E-state index is 0.00974. The second-order valence-corrected chi connectivity index (χ2v) is 6.57. The van der Waals surface area contributed by atoms with E-state index in [4.69, 9.17) is 0 Å². The van der Waals surface area contributed by atoms with Gasteiger partial charge in [0.05, 0.1) is 0 Å². The summed E-state index contributed by atoms with van der Waals surface area (Å²) in [5, 5.41) is 0. The number of carbonyl (C=O) groups is 2. The monoisotopic (exact) mass is 352 g/mol. The summed E-state index contributed by atoms with van der Waals surface area (Å²) >= 11 is 0. The van der Waals surface area contributed by atoms with Gasteiger partial charge in [-0.15, -0.1) is 0 Å². The topological polar surface area (TPSA) is 40.6 Å². The summed E-state index contributed by atoms with van der Waals surface area (Å²) in [5.74, 6) is 0.0657. The molecule has 2 amide bonds. The molecular formula is C22H28N2O2. The number of rotatable bonds is 8. The average molecular weight is 352 g/mol. The second kappa shape index (κ2) is 9.76. The molecule has 4 nitrogen and oxygen atoms in total. The van der Waals surface area contributed by atoms with Crippen molar-refractivity contribution in [2.24, 2.45) is 0 Å². The van der Waals surface area contributed by atoms with Crippen LogP contribution in [-0.2, 0) is 22.7 Å². The van der Waals surface area contributed by atoms with Crippen molar-refractivity contribution < 1.29 is 9.59 Å². The lowest BCUT2D eigenvalue weighted by Gasteiger charge is -2.25. The minimum atomic E-state index is -0.00974. The molecule has 0 atom stereocenters. The van der Waals surface area contributed by atoms with Crippen molar-refractivity contribution in [3.63, 3.8) is 0 Å². The van der Waals surface area contributed by atoms with Crippen molar-refractivity contribution in [2.45, 2.75) is 40.3 Å². The van der Waals surface area contributed by atoms with Gasteiger partial charge >= 0.3 is 0 Å². The van der Waals surface area contributed by atoms with Gasteiger partial charge in [-0.2, -0.15) is 0 Å². The number of amides is 2. The van der Waals surface area contributed by atoms with E-state index in [0.29, 0.717) is 32.6 Å². The van der Waals surface area contributed by atoms with E-state index in [1.54, 1.807) is 11.8 Å². The van der Waals surface area contributed by atoms with Gasteiger partial charge < -0.3 is 9.80 Å². The van der Waals surface area contributed by atoms with E-state index in [1.807, 2.05) is 73.3 Å². The molecule has 2 aromatic rings. The van der Waals surface area contributed by atoms with Crippen molar-refractivity contribution in [1.29, 1.82) is 0 Å². The molecule has 0 fully saturated rings. The summed E-state index contributed by atoms with van der Waals surface area (Å²) in [6.07, 6.45) is 0.339. The maximum atomic E-state index is 12.6. The molecule has 0 saturated heterocycles. The zero-order valence-electron chi connectivity index (χ0n) is 15.9. The molecule has 2 rings (SSSR count). The van der Waals surface area contributed by atoms with E-state index >= 15 is 0 Å². The maximum Gasteiger partial charge on any atom is 0.224 e.